The van der Waals surface area contributed by atoms with Gasteiger partial charge in [0.05, 0.1) is 24.4 Å². The minimum Gasteiger partial charge on any atom is -0.383 e. The molecule has 9 nitrogen and oxygen atoms in total. The lowest BCUT2D eigenvalue weighted by atomic mass is 10.1. The molecular weight excluding hydrogens is 402 g/mol. The summed E-state index contributed by atoms with van der Waals surface area (Å²) in [7, 11) is -2.24. The Kier molecular flexibility index (Phi) is 5.15. The third kappa shape index (κ3) is 3.41. The van der Waals surface area contributed by atoms with Crippen LogP contribution in [0.3, 0.4) is 0 Å². The van der Waals surface area contributed by atoms with Gasteiger partial charge in [-0.25, -0.2) is 13.1 Å². The molecule has 1 N–H and O–H groups in total. The molecule has 1 unspecified atom stereocenters. The van der Waals surface area contributed by atoms with Crippen LogP contribution in [0.2, 0.25) is 0 Å². The smallest absolute Gasteiger partial charge is 0.270 e. The number of nitrogens with zero attached hydrogens (tertiary/aromatic N) is 4. The van der Waals surface area contributed by atoms with Crippen LogP contribution in [0.4, 0.5) is 0 Å². The van der Waals surface area contributed by atoms with Gasteiger partial charge < -0.3 is 14.2 Å². The fourth-order valence-corrected chi connectivity index (χ4v) is 5.17. The highest BCUT2D eigenvalue weighted by atomic mass is 32.2. The molecular formula is C17H19N5O4S2. The molecule has 0 radical (unpaired) electrons. The van der Waals surface area contributed by atoms with Crippen LogP contribution in [-0.4, -0.2) is 65.4 Å². The van der Waals surface area contributed by atoms with Crippen LogP contribution in [0.25, 0.3) is 11.0 Å². The molecule has 28 heavy (non-hydrogen) atoms. The molecule has 0 spiro atoms. The number of nitrogens with one attached hydrogen (secondary N) is 1. The minimum absolute atomic E-state index is 0.0867. The maximum absolute atomic E-state index is 12.9. The predicted octanol–water partition coefficient (Wildman–Crippen LogP) is 0.942. The summed E-state index contributed by atoms with van der Waals surface area (Å²) < 4.78 is 43.5. The molecule has 1 aliphatic rings. The highest BCUT2D eigenvalue weighted by molar-refractivity contribution is 7.89. The summed E-state index contributed by atoms with van der Waals surface area (Å²) in [5.74, 6) is -0.136. The number of carbonyl (C=O) groups is 1. The van der Waals surface area contributed by atoms with Crippen LogP contribution < -0.4 is 4.72 Å². The maximum Gasteiger partial charge on any atom is 0.270 e. The zero-order valence-corrected chi connectivity index (χ0v) is 16.7. The minimum atomic E-state index is -3.81. The van der Waals surface area contributed by atoms with Crippen LogP contribution in [-0.2, 0) is 21.3 Å². The Morgan fingerprint density at radius 2 is 2.14 bits per heavy atom. The average Bonchev–Trinajstić information content (AvgIpc) is 3.34. The Hall–Kier alpha value is -2.34. The van der Waals surface area contributed by atoms with Gasteiger partial charge in [0.2, 0.25) is 10.0 Å². The van der Waals surface area contributed by atoms with Crippen molar-refractivity contribution in [3.8, 4) is 0 Å². The highest BCUT2D eigenvalue weighted by Crippen LogP contribution is 2.22. The van der Waals surface area contributed by atoms with E-state index in [0.29, 0.717) is 36.4 Å². The lowest BCUT2D eigenvalue weighted by Crippen LogP contribution is -2.53. The van der Waals surface area contributed by atoms with Crippen LogP contribution >= 0.6 is 11.7 Å². The predicted molar refractivity (Wildman–Crippen MR) is 104 cm³/mol. The lowest BCUT2D eigenvalue weighted by molar-refractivity contribution is 0.0518. The van der Waals surface area contributed by atoms with Crippen molar-refractivity contribution in [2.75, 3.05) is 26.8 Å². The van der Waals surface area contributed by atoms with Gasteiger partial charge in [0.15, 0.2) is 0 Å². The normalized spacial score (nSPS) is 17.2. The number of hydrogen-bond acceptors (Lipinski definition) is 7. The maximum atomic E-state index is 12.9. The SMILES string of the molecule is COCCN1C(=O)c2cccn2CC1CNS(=O)(=O)c1cccc2nsnc12. The summed E-state index contributed by atoms with van der Waals surface area (Å²) in [6, 6.07) is 8.11. The number of hydrogen-bond donors (Lipinski definition) is 1. The summed E-state index contributed by atoms with van der Waals surface area (Å²) in [5.41, 5.74) is 1.48. The van der Waals surface area contributed by atoms with Crippen molar-refractivity contribution in [2.24, 2.45) is 0 Å². The second-order valence-corrected chi connectivity index (χ2v) is 8.69. The van der Waals surface area contributed by atoms with E-state index in [1.807, 2.05) is 16.8 Å². The average molecular weight is 422 g/mol. The van der Waals surface area contributed by atoms with E-state index in [1.54, 1.807) is 30.2 Å². The highest BCUT2D eigenvalue weighted by Gasteiger charge is 2.33. The monoisotopic (exact) mass is 421 g/mol. The lowest BCUT2D eigenvalue weighted by Gasteiger charge is -2.36. The van der Waals surface area contributed by atoms with E-state index >= 15 is 0 Å². The van der Waals surface area contributed by atoms with Crippen molar-refractivity contribution in [1.82, 2.24) is 22.9 Å². The van der Waals surface area contributed by atoms with Crippen LogP contribution in [0, 0.1) is 0 Å². The molecule has 1 atom stereocenters. The van der Waals surface area contributed by atoms with Gasteiger partial charge >= 0.3 is 0 Å². The van der Waals surface area contributed by atoms with Crippen LogP contribution in [0.15, 0.2) is 41.4 Å². The molecule has 3 heterocycles. The Balaban J connectivity index is 1.57. The number of benzene rings is 1. The Labute approximate surface area is 166 Å². The van der Waals surface area contributed by atoms with Gasteiger partial charge in [-0.2, -0.15) is 8.75 Å². The molecule has 11 heteroatoms. The fourth-order valence-electron chi connectivity index (χ4n) is 3.34. The molecule has 148 valence electrons. The number of aromatic nitrogens is 3. The first-order valence-electron chi connectivity index (χ1n) is 8.67. The topological polar surface area (TPSA) is 106 Å². The van der Waals surface area contributed by atoms with Crippen LogP contribution in [0.1, 0.15) is 10.5 Å². The number of fused-ring (bicyclic) bond motifs is 2. The quantitative estimate of drug-likeness (QED) is 0.609. The first kappa shape index (κ1) is 19.0. The molecule has 2 aromatic heterocycles. The number of methoxy groups -OCH3 is 1. The van der Waals surface area contributed by atoms with Gasteiger partial charge in [-0.05, 0) is 24.3 Å². The molecule has 0 saturated carbocycles. The van der Waals surface area contributed by atoms with Crippen molar-refractivity contribution in [2.45, 2.75) is 17.5 Å². The zero-order chi connectivity index (χ0) is 19.7. The van der Waals surface area contributed by atoms with E-state index in [1.165, 1.54) is 6.07 Å². The molecule has 4 rings (SSSR count). The van der Waals surface area contributed by atoms with E-state index in [4.69, 9.17) is 4.74 Å². The molecule has 1 amide bonds. The van der Waals surface area contributed by atoms with Crippen molar-refractivity contribution in [1.29, 1.82) is 0 Å². The number of rotatable bonds is 7. The van der Waals surface area contributed by atoms with Crippen LogP contribution in [0.5, 0.6) is 0 Å². The molecule has 1 aromatic carbocycles. The largest absolute Gasteiger partial charge is 0.383 e. The first-order valence-corrected chi connectivity index (χ1v) is 10.9. The number of amides is 1. The summed E-state index contributed by atoms with van der Waals surface area (Å²) >= 11 is 0.970. The standard InChI is InChI=1S/C17H19N5O4S2/c1-26-9-8-22-12(11-21-7-3-5-14(21)17(22)23)10-18-28(24,25)15-6-2-4-13-16(15)20-27-19-13/h2-7,12,18H,8-11H2,1H3. The second kappa shape index (κ2) is 7.59. The van der Waals surface area contributed by atoms with Gasteiger partial charge in [-0.1, -0.05) is 6.07 Å². The first-order chi connectivity index (χ1) is 13.5. The summed E-state index contributed by atoms with van der Waals surface area (Å²) in [5, 5.41) is 0. The zero-order valence-electron chi connectivity index (χ0n) is 15.1. The van der Waals surface area contributed by atoms with Gasteiger partial charge in [0, 0.05) is 32.9 Å². The van der Waals surface area contributed by atoms with Gasteiger partial charge in [0.1, 0.15) is 21.6 Å². The molecule has 0 bridgehead atoms. The third-order valence-electron chi connectivity index (χ3n) is 4.74. The van der Waals surface area contributed by atoms with E-state index < -0.39 is 10.0 Å². The van der Waals surface area contributed by atoms with Crippen molar-refractivity contribution in [3.05, 3.63) is 42.2 Å². The molecule has 3 aromatic rings. The summed E-state index contributed by atoms with van der Waals surface area (Å²) in [6.07, 6.45) is 1.82. The number of carbonyl (C=O) groups excluding carboxylic acids is 1. The summed E-state index contributed by atoms with van der Waals surface area (Å²) in [6.45, 7) is 1.35. The van der Waals surface area contributed by atoms with E-state index in [0.717, 1.165) is 11.7 Å². The van der Waals surface area contributed by atoms with Gasteiger partial charge in [-0.3, -0.25) is 4.79 Å². The third-order valence-corrected chi connectivity index (χ3v) is 6.74. The fraction of sp³-hybridized carbons (Fsp3) is 0.353. The van der Waals surface area contributed by atoms with E-state index in [2.05, 4.69) is 13.5 Å². The Morgan fingerprint density at radius 1 is 1.29 bits per heavy atom. The molecule has 1 aliphatic heterocycles. The molecule has 0 aliphatic carbocycles. The van der Waals surface area contributed by atoms with Gasteiger partial charge in [-0.15, -0.1) is 0 Å². The summed E-state index contributed by atoms with van der Waals surface area (Å²) in [4.78, 5) is 14.5. The number of ether oxygens (including phenoxy) is 1. The number of sulfonamides is 1. The van der Waals surface area contributed by atoms with Crippen molar-refractivity contribution in [3.63, 3.8) is 0 Å². The Bertz CT molecular complexity index is 1110. The van der Waals surface area contributed by atoms with Gasteiger partial charge in [0.25, 0.3) is 5.91 Å². The van der Waals surface area contributed by atoms with Crippen molar-refractivity contribution < 1.29 is 17.9 Å². The van der Waals surface area contributed by atoms with E-state index in [-0.39, 0.29) is 23.4 Å². The molecule has 0 saturated heterocycles. The second-order valence-electron chi connectivity index (χ2n) is 6.43. The van der Waals surface area contributed by atoms with Crippen molar-refractivity contribution >= 4 is 38.7 Å². The molecule has 0 fully saturated rings. The van der Waals surface area contributed by atoms with E-state index in [9.17, 15) is 13.2 Å². The Morgan fingerprint density at radius 3 is 2.96 bits per heavy atom.